The van der Waals surface area contributed by atoms with Crippen LogP contribution in [0.4, 0.5) is 5.69 Å². The molecule has 0 saturated heterocycles. The van der Waals surface area contributed by atoms with Crippen LogP contribution in [-0.4, -0.2) is 46.3 Å². The molecule has 0 saturated carbocycles. The van der Waals surface area contributed by atoms with Crippen LogP contribution in [0.2, 0.25) is 0 Å². The quantitative estimate of drug-likeness (QED) is 0.167. The van der Waals surface area contributed by atoms with Crippen molar-refractivity contribution in [2.75, 3.05) is 11.9 Å². The molecule has 0 radical (unpaired) electrons. The summed E-state index contributed by atoms with van der Waals surface area (Å²) in [5.41, 5.74) is 3.34. The lowest BCUT2D eigenvalue weighted by atomic mass is 10.1. The lowest BCUT2D eigenvalue weighted by Gasteiger charge is -2.33. The number of hydrogen-bond acceptors (Lipinski definition) is 4. The third kappa shape index (κ3) is 13.9. The van der Waals surface area contributed by atoms with E-state index in [-0.39, 0.29) is 27.7 Å². The summed E-state index contributed by atoms with van der Waals surface area (Å²) < 4.78 is 8.58. The Bertz CT molecular complexity index is 2030. The summed E-state index contributed by atoms with van der Waals surface area (Å²) in [4.78, 5) is 6.21. The summed E-state index contributed by atoms with van der Waals surface area (Å²) in [7, 11) is 2.09. The van der Waals surface area contributed by atoms with Gasteiger partial charge in [0.1, 0.15) is 0 Å². The molecule has 0 amide bonds. The summed E-state index contributed by atoms with van der Waals surface area (Å²) in [6, 6.07) is 27.2. The van der Waals surface area contributed by atoms with Crippen LogP contribution in [0.5, 0.6) is 0 Å². The first-order valence-corrected chi connectivity index (χ1v) is 19.7. The maximum absolute atomic E-state index is 3.98. The Morgan fingerprint density at radius 2 is 0.964 bits per heavy atom. The zero-order valence-corrected chi connectivity index (χ0v) is 37.3. The average Bonchev–Trinajstić information content (AvgIpc) is 3.94. The lowest BCUT2D eigenvalue weighted by molar-refractivity contribution is 0.347. The molecule has 5 aromatic heterocycles. The summed E-state index contributed by atoms with van der Waals surface area (Å²) >= 11 is 0. The fraction of sp³-hybridized carbons (Fsp3) is 0.438. The normalized spacial score (nSPS) is 11.9. The van der Waals surface area contributed by atoms with Crippen molar-refractivity contribution in [3.8, 4) is 0 Å². The largest absolute Gasteiger partial charge is 0.370 e. The molecule has 0 fully saturated rings. The smallest absolute Gasteiger partial charge is 0.0693 e. The SMILES string of the molecule is CC(C)(C)n1cc2ccccc2c1.CC(C)(C)n1ccc2ccccc21.CC(C)(C)n1cccc1.CC(C)(C)n1ccnn1.CN(c1ccncc1)C(C)(C)C. The van der Waals surface area contributed by atoms with E-state index in [0.29, 0.717) is 0 Å². The third-order valence-corrected chi connectivity index (χ3v) is 9.19. The van der Waals surface area contributed by atoms with Gasteiger partial charge >= 0.3 is 0 Å². The number of rotatable bonds is 1. The summed E-state index contributed by atoms with van der Waals surface area (Å²) in [5, 5.41) is 11.5. The Labute approximate surface area is 338 Å². The van der Waals surface area contributed by atoms with Crippen molar-refractivity contribution in [3.05, 3.63) is 135 Å². The topological polar surface area (TPSA) is 61.6 Å². The van der Waals surface area contributed by atoms with Gasteiger partial charge in [0.15, 0.2) is 0 Å². The summed E-state index contributed by atoms with van der Waals surface area (Å²) in [5.74, 6) is 0. The van der Waals surface area contributed by atoms with E-state index in [1.807, 2.05) is 47.5 Å². The van der Waals surface area contributed by atoms with E-state index >= 15 is 0 Å². The van der Waals surface area contributed by atoms with Crippen molar-refractivity contribution < 1.29 is 0 Å². The van der Waals surface area contributed by atoms with Crippen LogP contribution in [0, 0.1) is 0 Å². The molecule has 0 aliphatic carbocycles. The molecule has 302 valence electrons. The molecular formula is C48H70N8. The predicted octanol–water partition coefficient (Wildman–Crippen LogP) is 12.4. The molecule has 0 N–H and O–H groups in total. The van der Waals surface area contributed by atoms with Crippen molar-refractivity contribution in [3.63, 3.8) is 0 Å². The standard InChI is InChI=1S/2C12H15N.C10H16N2.C8H13N.C6H11N3/c1-12(2,3)13-8-10-6-4-5-7-11(10)9-13;1-12(2,3)13-9-8-10-6-4-5-7-11(10)13;1-10(2,3)12(4)9-5-7-11-8-6-9;1-8(2,3)9-6-4-5-7-9;1-6(2,3)9-5-4-7-8-9/h2*4-9H,1-3H3;5-8H,1-4H3;4-7H,1-3H3;4-5H,1-3H3. The lowest BCUT2D eigenvalue weighted by Crippen LogP contribution is -2.37. The van der Waals surface area contributed by atoms with Crippen molar-refractivity contribution in [1.29, 1.82) is 0 Å². The van der Waals surface area contributed by atoms with Gasteiger partial charge in [-0.15, -0.1) is 5.10 Å². The molecule has 0 aliphatic rings. The van der Waals surface area contributed by atoms with Gasteiger partial charge in [0.2, 0.25) is 0 Å². The second-order valence-corrected chi connectivity index (χ2v) is 19.1. The number of aromatic nitrogens is 7. The molecular weight excluding hydrogens is 689 g/mol. The molecule has 8 nitrogen and oxygen atoms in total. The summed E-state index contributed by atoms with van der Waals surface area (Å²) in [6.07, 6.45) is 17.9. The minimum Gasteiger partial charge on any atom is -0.370 e. The Morgan fingerprint density at radius 3 is 1.36 bits per heavy atom. The number of hydrogen-bond donors (Lipinski definition) is 0. The second kappa shape index (κ2) is 18.7. The number of anilines is 1. The molecule has 7 rings (SSSR count). The van der Waals surface area contributed by atoms with Crippen molar-refractivity contribution in [1.82, 2.24) is 33.7 Å². The second-order valence-electron chi connectivity index (χ2n) is 19.1. The first-order chi connectivity index (χ1) is 25.9. The van der Waals surface area contributed by atoms with Crippen molar-refractivity contribution in [2.45, 2.75) is 132 Å². The maximum atomic E-state index is 3.98. The molecule has 5 heterocycles. The van der Waals surface area contributed by atoms with Crippen LogP contribution in [0.15, 0.2) is 135 Å². The van der Waals surface area contributed by atoms with Gasteiger partial charge in [0.25, 0.3) is 0 Å². The average molecular weight is 759 g/mol. The Balaban J connectivity index is 0.000000189. The highest BCUT2D eigenvalue weighted by molar-refractivity contribution is 5.82. The van der Waals surface area contributed by atoms with Gasteiger partial charge in [0.05, 0.1) is 11.7 Å². The van der Waals surface area contributed by atoms with Crippen molar-refractivity contribution >= 4 is 27.4 Å². The van der Waals surface area contributed by atoms with Crippen LogP contribution in [0.25, 0.3) is 21.7 Å². The van der Waals surface area contributed by atoms with Crippen LogP contribution in [0.3, 0.4) is 0 Å². The minimum absolute atomic E-state index is 0.0660. The van der Waals surface area contributed by atoms with Gasteiger partial charge < -0.3 is 18.6 Å². The van der Waals surface area contributed by atoms with E-state index in [2.05, 4.69) is 230 Å². The fourth-order valence-corrected chi connectivity index (χ4v) is 5.44. The van der Waals surface area contributed by atoms with Gasteiger partial charge in [-0.05, 0) is 156 Å². The Hall–Kier alpha value is -5.11. The zero-order chi connectivity index (χ0) is 42.0. The van der Waals surface area contributed by atoms with E-state index in [0.717, 1.165) is 0 Å². The van der Waals surface area contributed by atoms with E-state index in [1.165, 1.54) is 27.4 Å². The summed E-state index contributed by atoms with van der Waals surface area (Å²) in [6.45, 7) is 32.7. The zero-order valence-electron chi connectivity index (χ0n) is 37.3. The molecule has 0 aliphatic heterocycles. The number of pyridine rings is 1. The number of benzene rings is 2. The molecule has 0 spiro atoms. The molecule has 0 atom stereocenters. The highest BCUT2D eigenvalue weighted by Crippen LogP contribution is 2.24. The molecule has 0 bridgehead atoms. The number of fused-ring (bicyclic) bond motifs is 2. The predicted molar refractivity (Wildman–Crippen MR) is 241 cm³/mol. The Kier molecular flexibility index (Phi) is 15.1. The van der Waals surface area contributed by atoms with Gasteiger partial charge in [0, 0.05) is 90.0 Å². The van der Waals surface area contributed by atoms with Crippen LogP contribution < -0.4 is 4.90 Å². The molecule has 8 heteroatoms. The molecule has 7 aromatic rings. The van der Waals surface area contributed by atoms with E-state index in [4.69, 9.17) is 0 Å². The van der Waals surface area contributed by atoms with Gasteiger partial charge in [-0.25, -0.2) is 4.68 Å². The van der Waals surface area contributed by atoms with Crippen molar-refractivity contribution in [2.24, 2.45) is 0 Å². The highest BCUT2D eigenvalue weighted by Gasteiger charge is 2.17. The number of nitrogens with zero attached hydrogens (tertiary/aromatic N) is 8. The van der Waals surface area contributed by atoms with E-state index in [1.54, 1.807) is 6.20 Å². The fourth-order valence-electron chi connectivity index (χ4n) is 5.44. The molecule has 0 unspecified atom stereocenters. The molecule has 2 aromatic carbocycles. The Morgan fingerprint density at radius 1 is 0.464 bits per heavy atom. The molecule has 56 heavy (non-hydrogen) atoms. The van der Waals surface area contributed by atoms with Gasteiger partial charge in [-0.3, -0.25) is 4.98 Å². The van der Waals surface area contributed by atoms with E-state index in [9.17, 15) is 0 Å². The van der Waals surface area contributed by atoms with Gasteiger partial charge in [-0.1, -0.05) is 47.7 Å². The van der Waals surface area contributed by atoms with E-state index < -0.39 is 0 Å². The first kappa shape index (κ1) is 45.3. The number of para-hydroxylation sites is 1. The minimum atomic E-state index is 0.0660. The highest BCUT2D eigenvalue weighted by atomic mass is 15.4. The monoisotopic (exact) mass is 759 g/mol. The van der Waals surface area contributed by atoms with Crippen LogP contribution in [-0.2, 0) is 22.2 Å². The maximum Gasteiger partial charge on any atom is 0.0693 e. The third-order valence-electron chi connectivity index (χ3n) is 9.19. The van der Waals surface area contributed by atoms with Gasteiger partial charge in [-0.2, -0.15) is 0 Å². The van der Waals surface area contributed by atoms with Crippen LogP contribution in [0.1, 0.15) is 104 Å². The van der Waals surface area contributed by atoms with Crippen LogP contribution >= 0.6 is 0 Å². The first-order valence-electron chi connectivity index (χ1n) is 19.7.